The van der Waals surface area contributed by atoms with Crippen LogP contribution in [-0.4, -0.2) is 40.0 Å². The van der Waals surface area contributed by atoms with Gasteiger partial charge in [0.2, 0.25) is 0 Å². The average Bonchev–Trinajstić information content (AvgIpc) is 3.11. The fourth-order valence-corrected chi connectivity index (χ4v) is 5.68. The van der Waals surface area contributed by atoms with Crippen LogP contribution in [0.3, 0.4) is 0 Å². The minimum atomic E-state index is -3.51. The maximum absolute atomic E-state index is 12.6. The van der Waals surface area contributed by atoms with Crippen molar-refractivity contribution in [2.75, 3.05) is 12.0 Å². The number of primary amides is 1. The van der Waals surface area contributed by atoms with E-state index in [-0.39, 0.29) is 56.1 Å². The van der Waals surface area contributed by atoms with Crippen molar-refractivity contribution in [1.82, 2.24) is 4.57 Å². The van der Waals surface area contributed by atoms with Gasteiger partial charge in [-0.1, -0.05) is 32.2 Å². The van der Waals surface area contributed by atoms with Crippen LogP contribution in [0, 0.1) is 11.5 Å². The maximum Gasteiger partial charge on any atom is 0.325 e. The van der Waals surface area contributed by atoms with E-state index in [0.29, 0.717) is 36.1 Å². The van der Waals surface area contributed by atoms with E-state index in [0.717, 1.165) is 30.6 Å². The van der Waals surface area contributed by atoms with E-state index < -0.39 is 13.5 Å². The monoisotopic (exact) mass is 561 g/mol. The summed E-state index contributed by atoms with van der Waals surface area (Å²) in [5, 5.41) is 3.44. The van der Waals surface area contributed by atoms with Crippen LogP contribution in [0.15, 0.2) is 24.4 Å². The Bertz CT molecular complexity index is 1130. The van der Waals surface area contributed by atoms with Crippen molar-refractivity contribution < 1.29 is 56.3 Å². The molecule has 1 amide bonds. The predicted octanol–water partition coefficient (Wildman–Crippen LogP) is 4.08. The van der Waals surface area contributed by atoms with Gasteiger partial charge in [-0.2, -0.15) is 6.07 Å². The number of benzene rings is 1. The molecule has 1 aromatic carbocycles. The molecule has 1 fully saturated rings. The smallest absolute Gasteiger partial charge is 0.325 e. The van der Waals surface area contributed by atoms with Crippen molar-refractivity contribution in [3.05, 3.63) is 47.3 Å². The molecule has 1 saturated carbocycles. The Balaban J connectivity index is 0.00000324. The number of hydrogen-bond acceptors (Lipinski definition) is 5. The fraction of sp³-hybridized carbons (Fsp3) is 0.500. The van der Waals surface area contributed by atoms with Gasteiger partial charge in [-0.05, 0) is 55.7 Å². The Morgan fingerprint density at radius 3 is 2.56 bits per heavy atom. The molecule has 0 aliphatic heterocycles. The largest absolute Gasteiger partial charge is 0.386 e. The Labute approximate surface area is 225 Å². The number of nitrogens with zero attached hydrogens (tertiary/aromatic N) is 1. The van der Waals surface area contributed by atoms with Crippen molar-refractivity contribution in [2.45, 2.75) is 64.5 Å². The molecule has 1 atom stereocenters. The van der Waals surface area contributed by atoms with Gasteiger partial charge in [0.1, 0.15) is 0 Å². The zero-order valence-electron chi connectivity index (χ0n) is 19.8. The van der Waals surface area contributed by atoms with Crippen LogP contribution in [0.25, 0.3) is 5.69 Å². The molecule has 34 heavy (non-hydrogen) atoms. The Kier molecular flexibility index (Phi) is 8.31. The molecule has 1 radical (unpaired) electrons. The third-order valence-corrected chi connectivity index (χ3v) is 7.10. The van der Waals surface area contributed by atoms with Gasteiger partial charge >= 0.3 is 7.60 Å². The molecule has 8 nitrogen and oxygen atoms in total. The summed E-state index contributed by atoms with van der Waals surface area (Å²) in [6.45, 7) is 5.37. The summed E-state index contributed by atoms with van der Waals surface area (Å²) in [6.07, 6.45) is 5.59. The summed E-state index contributed by atoms with van der Waals surface area (Å²) in [7, 11) is -3.51. The summed E-state index contributed by atoms with van der Waals surface area (Å²) in [4.78, 5) is 34.1. The number of carbonyl (C=O) groups is 2. The molecule has 4 N–H and O–H groups in total. The van der Waals surface area contributed by atoms with Gasteiger partial charge in [-0.3, -0.25) is 9.36 Å². The maximum atomic E-state index is 12.6. The molecule has 1 unspecified atom stereocenters. The van der Waals surface area contributed by atoms with Crippen molar-refractivity contribution >= 4 is 25.0 Å². The molecule has 0 saturated heterocycles. The average molecular weight is 561 g/mol. The second kappa shape index (κ2) is 10.4. The van der Waals surface area contributed by atoms with E-state index in [1.54, 1.807) is 12.3 Å². The standard InChI is InChI=1S/C24H31N3O5P.Y/c1-24(2)13-21-19(22(28)14-24)10-11-27(21)16-6-9-18(23(25)29)20(12-16)26-15-4-7-17(8-5-15)32-33(3,30)31;/h6,9,11-12,15,17,26H,4-5,7-8,13-14H2,1-3H3,(H2,25,29)(H,30,31);/q-1;. The molecule has 0 spiro atoms. The number of aromatic nitrogens is 1. The first-order valence-corrected chi connectivity index (χ1v) is 13.3. The van der Waals surface area contributed by atoms with Crippen molar-refractivity contribution in [3.63, 3.8) is 0 Å². The van der Waals surface area contributed by atoms with Gasteiger partial charge in [0.25, 0.3) is 5.91 Å². The summed E-state index contributed by atoms with van der Waals surface area (Å²) in [5.74, 6) is -0.420. The normalized spacial score (nSPS) is 23.4. The molecule has 2 aliphatic rings. The molecule has 10 heteroatoms. The van der Waals surface area contributed by atoms with Crippen LogP contribution in [0.1, 0.15) is 72.4 Å². The molecule has 1 aromatic heterocycles. The predicted molar refractivity (Wildman–Crippen MR) is 126 cm³/mol. The van der Waals surface area contributed by atoms with E-state index >= 15 is 0 Å². The summed E-state index contributed by atoms with van der Waals surface area (Å²) in [6, 6.07) is 8.62. The quantitative estimate of drug-likeness (QED) is 0.361. The minimum absolute atomic E-state index is 0. The topological polar surface area (TPSA) is 124 Å². The van der Waals surface area contributed by atoms with Crippen LogP contribution in [0.5, 0.6) is 0 Å². The second-order valence-electron chi connectivity index (χ2n) is 10.0. The van der Waals surface area contributed by atoms with Gasteiger partial charge < -0.3 is 29.8 Å². The zero-order valence-corrected chi connectivity index (χ0v) is 23.6. The molecule has 0 bridgehead atoms. The number of carbonyl (C=O) groups excluding carboxylic acids is 2. The summed E-state index contributed by atoms with van der Waals surface area (Å²) >= 11 is 0. The number of nitrogens with one attached hydrogen (secondary N) is 1. The number of nitrogens with two attached hydrogens (primary N) is 1. The molecular weight excluding hydrogens is 530 g/mol. The molecule has 181 valence electrons. The molecule has 2 aromatic rings. The van der Waals surface area contributed by atoms with Gasteiger partial charge in [0.05, 0.1) is 17.5 Å². The third-order valence-electron chi connectivity index (χ3n) is 6.41. The fourth-order valence-electron chi connectivity index (χ4n) is 4.92. The number of amides is 1. The third kappa shape index (κ3) is 6.27. The number of Topliss-reactive ketones (excluding diaryl/α,β-unsaturated/α-hetero) is 1. The molecular formula is C24H31N3O5PY-. The Morgan fingerprint density at radius 2 is 1.94 bits per heavy atom. The number of ketones is 1. The van der Waals surface area contributed by atoms with Crippen molar-refractivity contribution in [1.29, 1.82) is 0 Å². The van der Waals surface area contributed by atoms with E-state index in [9.17, 15) is 19.0 Å². The number of fused-ring (bicyclic) bond motifs is 1. The molecule has 1 heterocycles. The van der Waals surface area contributed by atoms with E-state index in [4.69, 9.17) is 10.3 Å². The van der Waals surface area contributed by atoms with Crippen LogP contribution in [0.2, 0.25) is 0 Å². The number of anilines is 1. The van der Waals surface area contributed by atoms with Crippen LogP contribution in [-0.2, 0) is 48.2 Å². The Morgan fingerprint density at radius 1 is 1.26 bits per heavy atom. The van der Waals surface area contributed by atoms with Gasteiger partial charge in [0, 0.05) is 56.8 Å². The van der Waals surface area contributed by atoms with Crippen LogP contribution < -0.4 is 11.1 Å². The first-order chi connectivity index (χ1) is 15.4. The SMILES string of the molecule is CC1(C)CC(=O)c2[c-]cn(-c3ccc(C(N)=O)c(NC4CCC(OP(C)(=O)O)CC4)c3)c2C1.[Y]. The van der Waals surface area contributed by atoms with E-state index in [2.05, 4.69) is 25.2 Å². The first kappa shape index (κ1) is 27.3. The van der Waals surface area contributed by atoms with Crippen LogP contribution in [0.4, 0.5) is 5.69 Å². The van der Waals surface area contributed by atoms with Crippen LogP contribution >= 0.6 is 7.60 Å². The van der Waals surface area contributed by atoms with Gasteiger partial charge in [0.15, 0.2) is 0 Å². The first-order valence-electron chi connectivity index (χ1n) is 11.3. The number of rotatable bonds is 6. The molecule has 2 aliphatic carbocycles. The summed E-state index contributed by atoms with van der Waals surface area (Å²) < 4.78 is 18.8. The minimum Gasteiger partial charge on any atom is -0.386 e. The second-order valence-corrected chi connectivity index (χ2v) is 11.8. The number of hydrogen-bond donors (Lipinski definition) is 3. The van der Waals surface area contributed by atoms with Gasteiger partial charge in [-0.15, -0.1) is 5.56 Å². The van der Waals surface area contributed by atoms with Crippen molar-refractivity contribution in [3.8, 4) is 5.69 Å². The molecule has 4 rings (SSSR count). The Hall–Kier alpha value is -1.31. The zero-order chi connectivity index (χ0) is 24.0. The van der Waals surface area contributed by atoms with E-state index in [1.807, 2.05) is 16.7 Å². The van der Waals surface area contributed by atoms with Crippen molar-refractivity contribution in [2.24, 2.45) is 11.1 Å². The summed E-state index contributed by atoms with van der Waals surface area (Å²) in [5.41, 5.74) is 8.93. The van der Waals surface area contributed by atoms with E-state index in [1.165, 1.54) is 6.66 Å². The van der Waals surface area contributed by atoms with Gasteiger partial charge in [-0.25, -0.2) is 0 Å².